The predicted octanol–water partition coefficient (Wildman–Crippen LogP) is 5.03. The number of aryl methyl sites for hydroxylation is 3. The molecule has 0 atom stereocenters. The number of carbonyl (C=O) groups is 1. The van der Waals surface area contributed by atoms with Crippen LogP contribution >= 0.6 is 11.3 Å². The van der Waals surface area contributed by atoms with Crippen molar-refractivity contribution in [3.8, 4) is 11.3 Å². The van der Waals surface area contributed by atoms with Crippen LogP contribution in [0.4, 0.5) is 5.13 Å². The fraction of sp³-hybridized carbons (Fsp3) is 0.250. The first kappa shape index (κ1) is 17.3. The third kappa shape index (κ3) is 3.94. The topological polar surface area (TPSA) is 54.9 Å². The van der Waals surface area contributed by atoms with Crippen LogP contribution in [0.3, 0.4) is 0 Å². The highest BCUT2D eigenvalue weighted by Gasteiger charge is 2.16. The van der Waals surface area contributed by atoms with Crippen molar-refractivity contribution >= 4 is 22.4 Å². The first-order valence-corrected chi connectivity index (χ1v) is 9.20. The Morgan fingerprint density at radius 3 is 2.68 bits per heavy atom. The van der Waals surface area contributed by atoms with Crippen LogP contribution in [-0.2, 0) is 6.42 Å². The van der Waals surface area contributed by atoms with Crippen LogP contribution in [0.15, 0.2) is 42.6 Å². The van der Waals surface area contributed by atoms with E-state index in [1.54, 1.807) is 35.7 Å². The van der Waals surface area contributed by atoms with Gasteiger partial charge in [-0.2, -0.15) is 0 Å². The highest BCUT2D eigenvalue weighted by molar-refractivity contribution is 7.16. The number of carbonyl (C=O) groups excluding carboxylic acids is 1. The quantitative estimate of drug-likeness (QED) is 0.701. The van der Waals surface area contributed by atoms with Crippen molar-refractivity contribution in [2.75, 3.05) is 5.32 Å². The lowest BCUT2D eigenvalue weighted by Crippen LogP contribution is -2.13. The Morgan fingerprint density at radius 1 is 1.16 bits per heavy atom. The SMILES string of the molecule is CCCc1sc(NC(=O)c2ccccn2)nc1-c1ccc(C)c(C)c1. The van der Waals surface area contributed by atoms with Crippen LogP contribution < -0.4 is 5.32 Å². The molecule has 0 bridgehead atoms. The Hall–Kier alpha value is -2.53. The second kappa shape index (κ2) is 7.57. The van der Waals surface area contributed by atoms with Gasteiger partial charge in [-0.1, -0.05) is 31.5 Å². The number of amides is 1. The van der Waals surface area contributed by atoms with Crippen molar-refractivity contribution in [3.63, 3.8) is 0 Å². The second-order valence-corrected chi connectivity index (χ2v) is 7.09. The fourth-order valence-electron chi connectivity index (χ4n) is 2.57. The van der Waals surface area contributed by atoms with Crippen molar-refractivity contribution < 1.29 is 4.79 Å². The second-order valence-electron chi connectivity index (χ2n) is 6.01. The monoisotopic (exact) mass is 351 g/mol. The summed E-state index contributed by atoms with van der Waals surface area (Å²) in [5.74, 6) is -0.232. The Kier molecular flexibility index (Phi) is 5.24. The van der Waals surface area contributed by atoms with Crippen molar-refractivity contribution in [1.82, 2.24) is 9.97 Å². The summed E-state index contributed by atoms with van der Waals surface area (Å²) in [6.45, 7) is 6.36. The number of rotatable bonds is 5. The van der Waals surface area contributed by atoms with Gasteiger partial charge in [-0.05, 0) is 49.6 Å². The Labute approximate surface area is 152 Å². The third-order valence-electron chi connectivity index (χ3n) is 4.07. The number of hydrogen-bond donors (Lipinski definition) is 1. The van der Waals surface area contributed by atoms with Crippen LogP contribution in [0.2, 0.25) is 0 Å². The maximum absolute atomic E-state index is 12.3. The molecule has 0 saturated carbocycles. The molecule has 0 aliphatic heterocycles. The Morgan fingerprint density at radius 2 is 2.00 bits per heavy atom. The minimum atomic E-state index is -0.232. The van der Waals surface area contributed by atoms with E-state index in [0.717, 1.165) is 24.1 Å². The smallest absolute Gasteiger partial charge is 0.276 e. The molecule has 0 aliphatic rings. The summed E-state index contributed by atoms with van der Waals surface area (Å²) in [5, 5.41) is 3.50. The van der Waals surface area contributed by atoms with Crippen molar-refractivity contribution in [3.05, 3.63) is 64.3 Å². The summed E-state index contributed by atoms with van der Waals surface area (Å²) in [5.41, 5.74) is 4.96. The largest absolute Gasteiger partial charge is 0.296 e. The number of benzene rings is 1. The summed E-state index contributed by atoms with van der Waals surface area (Å²) in [6.07, 6.45) is 3.59. The van der Waals surface area contributed by atoms with Crippen molar-refractivity contribution in [2.24, 2.45) is 0 Å². The molecule has 0 spiro atoms. The van der Waals surface area contributed by atoms with Gasteiger partial charge in [0.05, 0.1) is 5.69 Å². The number of thiazole rings is 1. The van der Waals surface area contributed by atoms with E-state index in [2.05, 4.69) is 49.3 Å². The molecule has 0 radical (unpaired) electrons. The molecule has 1 amide bonds. The van der Waals surface area contributed by atoms with E-state index in [1.165, 1.54) is 16.0 Å². The number of nitrogens with one attached hydrogen (secondary N) is 1. The zero-order chi connectivity index (χ0) is 17.8. The van der Waals surface area contributed by atoms with Crippen LogP contribution in [0.25, 0.3) is 11.3 Å². The van der Waals surface area contributed by atoms with Crippen LogP contribution in [-0.4, -0.2) is 15.9 Å². The van der Waals surface area contributed by atoms with Crippen molar-refractivity contribution in [1.29, 1.82) is 0 Å². The van der Waals surface area contributed by atoms with Crippen LogP contribution in [0, 0.1) is 13.8 Å². The molecule has 0 aliphatic carbocycles. The predicted molar refractivity (Wildman–Crippen MR) is 103 cm³/mol. The van der Waals surface area contributed by atoms with Gasteiger partial charge in [0.15, 0.2) is 5.13 Å². The van der Waals surface area contributed by atoms with Gasteiger partial charge in [-0.25, -0.2) is 4.98 Å². The van der Waals surface area contributed by atoms with Crippen LogP contribution in [0.5, 0.6) is 0 Å². The Balaban J connectivity index is 1.91. The Bertz CT molecular complexity index is 887. The van der Waals surface area contributed by atoms with E-state index >= 15 is 0 Å². The number of aromatic nitrogens is 2. The molecule has 4 nitrogen and oxygen atoms in total. The maximum Gasteiger partial charge on any atom is 0.276 e. The molecule has 1 N–H and O–H groups in total. The van der Waals surface area contributed by atoms with Gasteiger partial charge in [0, 0.05) is 16.6 Å². The zero-order valence-electron chi connectivity index (χ0n) is 14.7. The molecule has 2 heterocycles. The maximum atomic E-state index is 12.3. The highest BCUT2D eigenvalue weighted by Crippen LogP contribution is 2.33. The van der Waals surface area contributed by atoms with E-state index in [-0.39, 0.29) is 5.91 Å². The molecule has 0 fully saturated rings. The van der Waals surface area contributed by atoms with Crippen LogP contribution in [0.1, 0.15) is 39.8 Å². The number of anilines is 1. The average molecular weight is 351 g/mol. The molecule has 3 rings (SSSR count). The van der Waals surface area contributed by atoms with E-state index in [0.29, 0.717) is 10.8 Å². The van der Waals surface area contributed by atoms with E-state index in [4.69, 9.17) is 4.98 Å². The van der Waals surface area contributed by atoms with E-state index in [9.17, 15) is 4.79 Å². The number of hydrogen-bond acceptors (Lipinski definition) is 4. The first-order valence-electron chi connectivity index (χ1n) is 8.38. The van der Waals surface area contributed by atoms with Gasteiger partial charge in [0.25, 0.3) is 5.91 Å². The molecule has 25 heavy (non-hydrogen) atoms. The van der Waals surface area contributed by atoms with Gasteiger partial charge in [-0.3, -0.25) is 15.1 Å². The van der Waals surface area contributed by atoms with Gasteiger partial charge in [-0.15, -0.1) is 11.3 Å². The summed E-state index contributed by atoms with van der Waals surface area (Å²) < 4.78 is 0. The minimum Gasteiger partial charge on any atom is -0.296 e. The molecule has 2 aromatic heterocycles. The van der Waals surface area contributed by atoms with Gasteiger partial charge in [0.1, 0.15) is 5.69 Å². The lowest BCUT2D eigenvalue weighted by Gasteiger charge is -2.05. The highest BCUT2D eigenvalue weighted by atomic mass is 32.1. The van der Waals surface area contributed by atoms with Gasteiger partial charge < -0.3 is 0 Å². The molecule has 0 unspecified atom stereocenters. The summed E-state index contributed by atoms with van der Waals surface area (Å²) in [7, 11) is 0. The third-order valence-corrected chi connectivity index (χ3v) is 5.10. The van der Waals surface area contributed by atoms with Crippen molar-refractivity contribution in [2.45, 2.75) is 33.6 Å². The normalized spacial score (nSPS) is 10.7. The lowest BCUT2D eigenvalue weighted by molar-refractivity contribution is 0.102. The zero-order valence-corrected chi connectivity index (χ0v) is 15.5. The molecule has 128 valence electrons. The molecule has 1 aromatic carbocycles. The minimum absolute atomic E-state index is 0.232. The fourth-order valence-corrected chi connectivity index (χ4v) is 3.65. The molecule has 0 saturated heterocycles. The van der Waals surface area contributed by atoms with Gasteiger partial charge >= 0.3 is 0 Å². The van der Waals surface area contributed by atoms with E-state index in [1.807, 2.05) is 0 Å². The standard InChI is InChI=1S/C20H21N3OS/c1-4-7-17-18(15-10-9-13(2)14(3)12-15)22-20(25-17)23-19(24)16-8-5-6-11-21-16/h5-6,8-12H,4,7H2,1-3H3,(H,22,23,24). The summed E-state index contributed by atoms with van der Waals surface area (Å²) >= 11 is 1.54. The average Bonchev–Trinajstić information content (AvgIpc) is 3.01. The summed E-state index contributed by atoms with van der Waals surface area (Å²) in [6, 6.07) is 11.7. The lowest BCUT2D eigenvalue weighted by atomic mass is 10.0. The molecular formula is C20H21N3OS. The van der Waals surface area contributed by atoms with E-state index < -0.39 is 0 Å². The van der Waals surface area contributed by atoms with Gasteiger partial charge in [0.2, 0.25) is 0 Å². The molecular weight excluding hydrogens is 330 g/mol. The summed E-state index contributed by atoms with van der Waals surface area (Å²) in [4.78, 5) is 22.3. The molecule has 5 heteroatoms. The molecule has 3 aromatic rings. The number of nitrogens with zero attached hydrogens (tertiary/aromatic N) is 2. The first-order chi connectivity index (χ1) is 12.1. The number of pyridine rings is 1.